The SMILES string of the molecule is Bc1cncc2cc(C=O)oc12. The lowest BCUT2D eigenvalue weighted by Gasteiger charge is -1.90. The molecule has 0 bridgehead atoms. The number of nitrogens with zero attached hydrogens (tertiary/aromatic N) is 1. The van der Waals surface area contributed by atoms with E-state index in [-0.39, 0.29) is 0 Å². The average molecular weight is 159 g/mol. The molecule has 2 aromatic heterocycles. The minimum absolute atomic E-state index is 0.348. The van der Waals surface area contributed by atoms with E-state index < -0.39 is 0 Å². The van der Waals surface area contributed by atoms with Gasteiger partial charge in [-0.3, -0.25) is 9.78 Å². The van der Waals surface area contributed by atoms with Crippen molar-refractivity contribution in [3.05, 3.63) is 24.2 Å². The van der Waals surface area contributed by atoms with Crippen molar-refractivity contribution in [2.45, 2.75) is 0 Å². The molecular weight excluding hydrogens is 153 g/mol. The molecule has 0 N–H and O–H groups in total. The summed E-state index contributed by atoms with van der Waals surface area (Å²) in [5.41, 5.74) is 1.69. The first-order chi connectivity index (χ1) is 5.81. The molecule has 2 aromatic rings. The van der Waals surface area contributed by atoms with Gasteiger partial charge in [-0.15, -0.1) is 0 Å². The highest BCUT2D eigenvalue weighted by molar-refractivity contribution is 6.37. The summed E-state index contributed by atoms with van der Waals surface area (Å²) in [6.45, 7) is 0. The van der Waals surface area contributed by atoms with E-state index in [9.17, 15) is 4.79 Å². The van der Waals surface area contributed by atoms with Crippen LogP contribution in [0.4, 0.5) is 0 Å². The Balaban J connectivity index is 2.82. The van der Waals surface area contributed by atoms with Crippen LogP contribution in [-0.4, -0.2) is 19.1 Å². The van der Waals surface area contributed by atoms with Gasteiger partial charge in [0.2, 0.25) is 0 Å². The fraction of sp³-hybridized carbons (Fsp3) is 0. The highest BCUT2D eigenvalue weighted by Gasteiger charge is 2.03. The monoisotopic (exact) mass is 159 g/mol. The third-order valence-electron chi connectivity index (χ3n) is 1.74. The van der Waals surface area contributed by atoms with Crippen LogP contribution >= 0.6 is 0 Å². The summed E-state index contributed by atoms with van der Waals surface area (Å²) >= 11 is 0. The van der Waals surface area contributed by atoms with E-state index in [4.69, 9.17) is 4.42 Å². The van der Waals surface area contributed by atoms with E-state index in [0.717, 1.165) is 16.4 Å². The molecule has 12 heavy (non-hydrogen) atoms. The molecule has 58 valence electrons. The molecule has 0 fully saturated rings. The van der Waals surface area contributed by atoms with Crippen LogP contribution in [0, 0.1) is 0 Å². The van der Waals surface area contributed by atoms with Gasteiger partial charge in [-0.25, -0.2) is 0 Å². The number of fused-ring (bicyclic) bond motifs is 1. The second kappa shape index (κ2) is 2.48. The fourth-order valence-corrected chi connectivity index (χ4v) is 1.18. The Bertz CT molecular complexity index is 436. The summed E-state index contributed by atoms with van der Waals surface area (Å²) in [5.74, 6) is 0.348. The molecule has 0 aliphatic carbocycles. The van der Waals surface area contributed by atoms with E-state index in [1.165, 1.54) is 0 Å². The molecule has 0 saturated heterocycles. The van der Waals surface area contributed by atoms with Gasteiger partial charge < -0.3 is 4.42 Å². The maximum absolute atomic E-state index is 10.4. The van der Waals surface area contributed by atoms with Crippen molar-refractivity contribution in [2.24, 2.45) is 0 Å². The number of aromatic nitrogens is 1. The van der Waals surface area contributed by atoms with Crippen LogP contribution in [0.1, 0.15) is 10.6 Å². The van der Waals surface area contributed by atoms with Gasteiger partial charge in [-0.1, -0.05) is 0 Å². The predicted molar refractivity (Wildman–Crippen MR) is 47.6 cm³/mol. The van der Waals surface area contributed by atoms with E-state index >= 15 is 0 Å². The first kappa shape index (κ1) is 7.09. The number of aldehydes is 1. The molecule has 0 saturated carbocycles. The van der Waals surface area contributed by atoms with E-state index in [1.807, 2.05) is 7.85 Å². The maximum Gasteiger partial charge on any atom is 0.185 e. The van der Waals surface area contributed by atoms with Crippen molar-refractivity contribution < 1.29 is 9.21 Å². The molecule has 0 aromatic carbocycles. The fourth-order valence-electron chi connectivity index (χ4n) is 1.18. The van der Waals surface area contributed by atoms with Gasteiger partial charge >= 0.3 is 0 Å². The second-order valence-electron chi connectivity index (χ2n) is 2.64. The first-order valence-corrected chi connectivity index (χ1v) is 3.60. The van der Waals surface area contributed by atoms with Crippen LogP contribution in [0.3, 0.4) is 0 Å². The lowest BCUT2D eigenvalue weighted by Crippen LogP contribution is -2.02. The summed E-state index contributed by atoms with van der Waals surface area (Å²) < 4.78 is 5.24. The second-order valence-corrected chi connectivity index (χ2v) is 2.64. The van der Waals surface area contributed by atoms with Gasteiger partial charge in [-0.05, 0) is 11.5 Å². The van der Waals surface area contributed by atoms with Gasteiger partial charge in [0.25, 0.3) is 0 Å². The molecule has 0 aliphatic rings. The number of hydrogen-bond donors (Lipinski definition) is 0. The number of hydrogen-bond acceptors (Lipinski definition) is 3. The quantitative estimate of drug-likeness (QED) is 0.431. The zero-order chi connectivity index (χ0) is 8.55. The normalized spacial score (nSPS) is 10.3. The molecule has 3 nitrogen and oxygen atoms in total. The van der Waals surface area contributed by atoms with Crippen LogP contribution in [0.2, 0.25) is 0 Å². The standard InChI is InChI=1S/C8H6BNO2/c9-7-3-10-2-5-1-6(4-11)12-8(5)7/h1-4H,9H2. The van der Waals surface area contributed by atoms with Crippen molar-refractivity contribution in [2.75, 3.05) is 0 Å². The third kappa shape index (κ3) is 0.924. The highest BCUT2D eigenvalue weighted by Crippen LogP contribution is 2.13. The number of pyridine rings is 1. The maximum atomic E-state index is 10.4. The van der Waals surface area contributed by atoms with E-state index in [1.54, 1.807) is 18.5 Å². The van der Waals surface area contributed by atoms with Gasteiger partial charge in [0.05, 0.1) is 0 Å². The number of carbonyl (C=O) groups is 1. The van der Waals surface area contributed by atoms with E-state index in [0.29, 0.717) is 12.0 Å². The van der Waals surface area contributed by atoms with Gasteiger partial charge in [0.1, 0.15) is 13.4 Å². The van der Waals surface area contributed by atoms with Crippen molar-refractivity contribution in [1.82, 2.24) is 4.98 Å². The van der Waals surface area contributed by atoms with Crippen molar-refractivity contribution in [3.8, 4) is 0 Å². The summed E-state index contributed by atoms with van der Waals surface area (Å²) in [5, 5.41) is 0.872. The topological polar surface area (TPSA) is 43.1 Å². The Hall–Kier alpha value is -1.58. The van der Waals surface area contributed by atoms with E-state index in [2.05, 4.69) is 4.98 Å². The van der Waals surface area contributed by atoms with Crippen molar-refractivity contribution in [3.63, 3.8) is 0 Å². The lowest BCUT2D eigenvalue weighted by atomic mass is 9.97. The molecule has 0 unspecified atom stereocenters. The third-order valence-corrected chi connectivity index (χ3v) is 1.74. The summed E-state index contributed by atoms with van der Waals surface area (Å²) in [7, 11) is 1.90. The number of furan rings is 1. The first-order valence-electron chi connectivity index (χ1n) is 3.60. The zero-order valence-corrected chi connectivity index (χ0v) is 6.57. The summed E-state index contributed by atoms with van der Waals surface area (Å²) in [6.07, 6.45) is 4.08. The minimum Gasteiger partial charge on any atom is -0.454 e. The molecule has 0 atom stereocenters. The Labute approximate surface area is 69.8 Å². The largest absolute Gasteiger partial charge is 0.454 e. The molecule has 0 spiro atoms. The Morgan fingerprint density at radius 1 is 1.50 bits per heavy atom. The minimum atomic E-state index is 0.348. The Morgan fingerprint density at radius 3 is 3.00 bits per heavy atom. The average Bonchev–Trinajstić information content (AvgIpc) is 2.49. The summed E-state index contributed by atoms with van der Waals surface area (Å²) in [4.78, 5) is 14.4. The predicted octanol–water partition coefficient (Wildman–Crippen LogP) is -0.101. The molecule has 0 radical (unpaired) electrons. The molecule has 0 aliphatic heterocycles. The van der Waals surface area contributed by atoms with Crippen molar-refractivity contribution in [1.29, 1.82) is 0 Å². The zero-order valence-electron chi connectivity index (χ0n) is 6.57. The molecule has 2 heterocycles. The van der Waals surface area contributed by atoms with Crippen LogP contribution in [-0.2, 0) is 0 Å². The van der Waals surface area contributed by atoms with Gasteiger partial charge in [-0.2, -0.15) is 0 Å². The van der Waals surface area contributed by atoms with Crippen LogP contribution in [0.15, 0.2) is 22.9 Å². The number of rotatable bonds is 1. The lowest BCUT2D eigenvalue weighted by molar-refractivity contribution is 0.110. The van der Waals surface area contributed by atoms with Crippen LogP contribution in [0.25, 0.3) is 11.0 Å². The molecule has 0 amide bonds. The number of carbonyl (C=O) groups excluding carboxylic acids is 1. The molecule has 2 rings (SSSR count). The molecular formula is C8H6BNO2. The van der Waals surface area contributed by atoms with Gasteiger partial charge in [0.15, 0.2) is 12.0 Å². The highest BCUT2D eigenvalue weighted by atomic mass is 16.3. The van der Waals surface area contributed by atoms with Crippen LogP contribution in [0.5, 0.6) is 0 Å². The Kier molecular flexibility index (Phi) is 1.47. The summed E-state index contributed by atoms with van der Waals surface area (Å²) in [6, 6.07) is 1.68. The molecule has 4 heteroatoms. The van der Waals surface area contributed by atoms with Crippen molar-refractivity contribution >= 4 is 30.6 Å². The Morgan fingerprint density at radius 2 is 2.33 bits per heavy atom. The smallest absolute Gasteiger partial charge is 0.185 e. The van der Waals surface area contributed by atoms with Crippen LogP contribution < -0.4 is 5.46 Å². The van der Waals surface area contributed by atoms with Gasteiger partial charge in [0, 0.05) is 17.8 Å².